The molecule has 0 spiro atoms. The second kappa shape index (κ2) is 3.37. The molecule has 0 radical (unpaired) electrons. The zero-order valence-corrected chi connectivity index (χ0v) is 7.99. The summed E-state index contributed by atoms with van der Waals surface area (Å²) in [4.78, 5) is 14.1. The summed E-state index contributed by atoms with van der Waals surface area (Å²) in [6.07, 6.45) is 0. The summed E-state index contributed by atoms with van der Waals surface area (Å²) in [5.74, 6) is -1.77. The van der Waals surface area contributed by atoms with Crippen molar-refractivity contribution in [3.8, 4) is 0 Å². The van der Waals surface area contributed by atoms with Crippen LogP contribution in [0.15, 0.2) is 10.7 Å². The van der Waals surface area contributed by atoms with Gasteiger partial charge in [-0.2, -0.15) is 0 Å². The molecule has 1 aromatic rings. The fourth-order valence-corrected chi connectivity index (χ4v) is 1.35. The van der Waals surface area contributed by atoms with Crippen LogP contribution in [0.4, 0.5) is 4.39 Å². The third-order valence-electron chi connectivity index (χ3n) is 1.15. The Morgan fingerprint density at radius 2 is 2.33 bits per heavy atom. The van der Waals surface area contributed by atoms with E-state index in [1.807, 2.05) is 0 Å². The number of pyridine rings is 1. The van der Waals surface area contributed by atoms with Crippen LogP contribution in [0.1, 0.15) is 10.4 Å². The summed E-state index contributed by atoms with van der Waals surface area (Å²) in [6.45, 7) is 0. The summed E-state index contributed by atoms with van der Waals surface area (Å²) >= 11 is 8.28. The van der Waals surface area contributed by atoms with Gasteiger partial charge in [0.1, 0.15) is 4.60 Å². The molecule has 64 valence electrons. The zero-order valence-electron chi connectivity index (χ0n) is 5.64. The van der Waals surface area contributed by atoms with Crippen molar-refractivity contribution in [1.82, 2.24) is 4.98 Å². The van der Waals surface area contributed by atoms with Crippen LogP contribution in [0.5, 0.6) is 0 Å². The molecule has 1 rings (SSSR count). The average molecular weight is 253 g/mol. The van der Waals surface area contributed by atoms with Crippen LogP contribution in [0, 0.1) is 5.82 Å². The number of halogens is 3. The highest BCUT2D eigenvalue weighted by Crippen LogP contribution is 2.19. The molecule has 0 aliphatic heterocycles. The number of carbonyl (C=O) groups is 1. The Labute approximate surface area is 80.9 Å². The summed E-state index contributed by atoms with van der Waals surface area (Å²) in [6, 6.07) is 1.17. The van der Waals surface area contributed by atoms with Crippen molar-refractivity contribution in [3.63, 3.8) is 0 Å². The molecule has 0 saturated carbocycles. The number of nitrogens with zero attached hydrogens (tertiary/aromatic N) is 1. The molecule has 3 nitrogen and oxygen atoms in total. The van der Waals surface area contributed by atoms with E-state index in [-0.39, 0.29) is 15.3 Å². The molecule has 1 heterocycles. The molecule has 12 heavy (non-hydrogen) atoms. The second-order valence-electron chi connectivity index (χ2n) is 1.96. The number of nitrogens with two attached hydrogens (primary N) is 1. The van der Waals surface area contributed by atoms with E-state index in [0.29, 0.717) is 0 Å². The first-order chi connectivity index (χ1) is 5.52. The van der Waals surface area contributed by atoms with Gasteiger partial charge in [0.2, 0.25) is 0 Å². The highest BCUT2D eigenvalue weighted by Gasteiger charge is 2.13. The topological polar surface area (TPSA) is 56.0 Å². The van der Waals surface area contributed by atoms with E-state index >= 15 is 0 Å². The molecule has 0 unspecified atom stereocenters. The predicted molar refractivity (Wildman–Crippen MR) is 45.4 cm³/mol. The Morgan fingerprint density at radius 3 is 2.83 bits per heavy atom. The maximum Gasteiger partial charge on any atom is 0.251 e. The molecule has 0 aliphatic carbocycles. The van der Waals surface area contributed by atoms with Crippen molar-refractivity contribution >= 4 is 33.4 Å². The largest absolute Gasteiger partial charge is 0.366 e. The molecule has 0 aliphatic rings. The number of primary amides is 1. The first kappa shape index (κ1) is 9.41. The van der Waals surface area contributed by atoms with Crippen molar-refractivity contribution in [2.24, 2.45) is 5.73 Å². The minimum Gasteiger partial charge on any atom is -0.366 e. The van der Waals surface area contributed by atoms with E-state index in [1.165, 1.54) is 6.07 Å². The lowest BCUT2D eigenvalue weighted by Crippen LogP contribution is -2.13. The summed E-state index contributed by atoms with van der Waals surface area (Å²) in [7, 11) is 0. The Bertz CT molecular complexity index is 345. The van der Waals surface area contributed by atoms with Gasteiger partial charge in [-0.15, -0.1) is 0 Å². The fraction of sp³-hybridized carbons (Fsp3) is 0. The van der Waals surface area contributed by atoms with Crippen molar-refractivity contribution in [2.45, 2.75) is 0 Å². The van der Waals surface area contributed by atoms with Gasteiger partial charge in [-0.05, 0) is 22.0 Å². The van der Waals surface area contributed by atoms with E-state index in [9.17, 15) is 9.18 Å². The minimum atomic E-state index is -0.896. The van der Waals surface area contributed by atoms with Gasteiger partial charge in [0, 0.05) is 0 Å². The van der Waals surface area contributed by atoms with Crippen LogP contribution in [0.3, 0.4) is 0 Å². The van der Waals surface area contributed by atoms with Crippen molar-refractivity contribution in [2.75, 3.05) is 0 Å². The third-order valence-corrected chi connectivity index (χ3v) is 1.81. The summed E-state index contributed by atoms with van der Waals surface area (Å²) in [5.41, 5.74) is 4.59. The quantitative estimate of drug-likeness (QED) is 0.775. The van der Waals surface area contributed by atoms with E-state index in [1.54, 1.807) is 0 Å². The van der Waals surface area contributed by atoms with Gasteiger partial charge in [0.05, 0.1) is 5.56 Å². The van der Waals surface area contributed by atoms with Gasteiger partial charge in [-0.1, -0.05) is 11.6 Å². The first-order valence-corrected chi connectivity index (χ1v) is 4.01. The third kappa shape index (κ3) is 1.73. The van der Waals surface area contributed by atoms with Crippen LogP contribution >= 0.6 is 27.5 Å². The number of rotatable bonds is 1. The zero-order chi connectivity index (χ0) is 9.30. The average Bonchev–Trinajstić information content (AvgIpc) is 1.96. The van der Waals surface area contributed by atoms with Crippen LogP contribution in [0.2, 0.25) is 5.15 Å². The highest BCUT2D eigenvalue weighted by molar-refractivity contribution is 9.10. The van der Waals surface area contributed by atoms with E-state index in [2.05, 4.69) is 20.9 Å². The molecule has 0 fully saturated rings. The number of carbonyl (C=O) groups excluding carboxylic acids is 1. The molecular weight excluding hydrogens is 250 g/mol. The van der Waals surface area contributed by atoms with Gasteiger partial charge in [0.25, 0.3) is 5.91 Å². The Balaban J connectivity index is 3.37. The Hall–Kier alpha value is -0.680. The number of aromatic nitrogens is 1. The van der Waals surface area contributed by atoms with E-state index in [4.69, 9.17) is 17.3 Å². The van der Waals surface area contributed by atoms with Crippen molar-refractivity contribution in [3.05, 3.63) is 27.2 Å². The molecule has 0 aromatic carbocycles. The van der Waals surface area contributed by atoms with Crippen LogP contribution in [0.25, 0.3) is 0 Å². The SMILES string of the molecule is NC(=O)c1cc(Br)nc(Cl)c1F. The maximum absolute atomic E-state index is 12.9. The van der Waals surface area contributed by atoms with Crippen LogP contribution < -0.4 is 5.73 Å². The molecule has 1 amide bonds. The minimum absolute atomic E-state index is 0.266. The molecule has 1 aromatic heterocycles. The molecule has 0 bridgehead atoms. The molecular formula is C6H3BrClFN2O. The normalized spacial score (nSPS) is 9.92. The van der Waals surface area contributed by atoms with Crippen LogP contribution in [-0.4, -0.2) is 10.9 Å². The Morgan fingerprint density at radius 1 is 1.75 bits per heavy atom. The first-order valence-electron chi connectivity index (χ1n) is 2.83. The van der Waals surface area contributed by atoms with Gasteiger partial charge >= 0.3 is 0 Å². The smallest absolute Gasteiger partial charge is 0.251 e. The van der Waals surface area contributed by atoms with E-state index < -0.39 is 11.7 Å². The maximum atomic E-state index is 12.9. The molecule has 6 heteroatoms. The van der Waals surface area contributed by atoms with Gasteiger partial charge in [-0.3, -0.25) is 4.79 Å². The second-order valence-corrected chi connectivity index (χ2v) is 3.13. The standard InChI is InChI=1S/C6H3BrClFN2O/c7-3-1-2(6(10)12)4(9)5(8)11-3/h1H,(H2,10,12). The Kier molecular flexibility index (Phi) is 2.64. The number of hydrogen-bond acceptors (Lipinski definition) is 2. The lowest BCUT2D eigenvalue weighted by atomic mass is 10.2. The van der Waals surface area contributed by atoms with Crippen LogP contribution in [-0.2, 0) is 0 Å². The van der Waals surface area contributed by atoms with E-state index in [0.717, 1.165) is 0 Å². The van der Waals surface area contributed by atoms with Crippen molar-refractivity contribution in [1.29, 1.82) is 0 Å². The monoisotopic (exact) mass is 252 g/mol. The van der Waals surface area contributed by atoms with Gasteiger partial charge in [0.15, 0.2) is 11.0 Å². The summed E-state index contributed by atoms with van der Waals surface area (Å²) < 4.78 is 13.2. The lowest BCUT2D eigenvalue weighted by molar-refractivity contribution is 0.0996. The van der Waals surface area contributed by atoms with Gasteiger partial charge in [-0.25, -0.2) is 9.37 Å². The molecule has 2 N–H and O–H groups in total. The molecule has 0 atom stereocenters. The lowest BCUT2D eigenvalue weighted by Gasteiger charge is -1.99. The fourth-order valence-electron chi connectivity index (χ4n) is 0.648. The van der Waals surface area contributed by atoms with Crippen molar-refractivity contribution < 1.29 is 9.18 Å². The predicted octanol–water partition coefficient (Wildman–Crippen LogP) is 1.74. The highest BCUT2D eigenvalue weighted by atomic mass is 79.9. The van der Waals surface area contributed by atoms with Gasteiger partial charge < -0.3 is 5.73 Å². The molecule has 0 saturated heterocycles. The number of amides is 1. The number of hydrogen-bond donors (Lipinski definition) is 1. The summed E-state index contributed by atoms with van der Waals surface area (Å²) in [5, 5.41) is -0.377.